The van der Waals surface area contributed by atoms with E-state index in [1.165, 1.54) is 0 Å². The Bertz CT molecular complexity index is 374. The van der Waals surface area contributed by atoms with E-state index in [0.29, 0.717) is 13.2 Å². The standard InChI is InChI=1S/C14H24N2O4/c1-3-16(11-8-20-7-10(11)14(18)19)13(17)12-9(2)5-4-6-15-12/h9-12,15H,3-8H2,1-2H3,(H,18,19). The second-order valence-electron chi connectivity index (χ2n) is 5.73. The van der Waals surface area contributed by atoms with Gasteiger partial charge in [-0.2, -0.15) is 0 Å². The maximum atomic E-state index is 12.7. The van der Waals surface area contributed by atoms with Gasteiger partial charge in [0.05, 0.1) is 25.3 Å². The lowest BCUT2D eigenvalue weighted by molar-refractivity contribution is -0.146. The molecule has 4 atom stereocenters. The molecule has 20 heavy (non-hydrogen) atoms. The highest BCUT2D eigenvalue weighted by atomic mass is 16.5. The van der Waals surface area contributed by atoms with Gasteiger partial charge in [0.15, 0.2) is 0 Å². The van der Waals surface area contributed by atoms with Crippen LogP contribution in [0.15, 0.2) is 0 Å². The molecule has 2 N–H and O–H groups in total. The zero-order chi connectivity index (χ0) is 14.7. The number of nitrogens with one attached hydrogen (secondary N) is 1. The van der Waals surface area contributed by atoms with Gasteiger partial charge in [-0.05, 0) is 32.2 Å². The van der Waals surface area contributed by atoms with Crippen LogP contribution in [0.3, 0.4) is 0 Å². The van der Waals surface area contributed by atoms with Crippen molar-refractivity contribution in [2.24, 2.45) is 11.8 Å². The summed E-state index contributed by atoms with van der Waals surface area (Å²) in [4.78, 5) is 25.7. The third kappa shape index (κ3) is 2.96. The smallest absolute Gasteiger partial charge is 0.311 e. The molecule has 0 aromatic heterocycles. The number of rotatable bonds is 4. The Morgan fingerprint density at radius 1 is 1.40 bits per heavy atom. The van der Waals surface area contributed by atoms with Crippen LogP contribution in [0.25, 0.3) is 0 Å². The maximum Gasteiger partial charge on any atom is 0.311 e. The van der Waals surface area contributed by atoms with Gasteiger partial charge in [-0.15, -0.1) is 0 Å². The van der Waals surface area contributed by atoms with Crippen LogP contribution < -0.4 is 5.32 Å². The molecular formula is C14H24N2O4. The van der Waals surface area contributed by atoms with Crippen molar-refractivity contribution < 1.29 is 19.4 Å². The number of amides is 1. The van der Waals surface area contributed by atoms with E-state index in [-0.39, 0.29) is 30.5 Å². The molecule has 0 saturated carbocycles. The van der Waals surface area contributed by atoms with Crippen LogP contribution in [-0.4, -0.2) is 60.3 Å². The van der Waals surface area contributed by atoms with E-state index in [1.807, 2.05) is 6.92 Å². The molecule has 0 spiro atoms. The fraction of sp³-hybridized carbons (Fsp3) is 0.857. The quantitative estimate of drug-likeness (QED) is 0.777. The van der Waals surface area contributed by atoms with Crippen molar-refractivity contribution in [3.05, 3.63) is 0 Å². The van der Waals surface area contributed by atoms with E-state index < -0.39 is 11.9 Å². The minimum atomic E-state index is -0.886. The Balaban J connectivity index is 2.10. The third-order valence-electron chi connectivity index (χ3n) is 4.43. The highest BCUT2D eigenvalue weighted by Gasteiger charge is 2.42. The molecule has 0 aliphatic carbocycles. The van der Waals surface area contributed by atoms with Crippen molar-refractivity contribution in [1.29, 1.82) is 0 Å². The zero-order valence-corrected chi connectivity index (χ0v) is 12.2. The van der Waals surface area contributed by atoms with Crippen molar-refractivity contribution >= 4 is 11.9 Å². The predicted molar refractivity (Wildman–Crippen MR) is 73.3 cm³/mol. The molecule has 0 aromatic rings. The van der Waals surface area contributed by atoms with Gasteiger partial charge >= 0.3 is 5.97 Å². The first kappa shape index (κ1) is 15.3. The SMILES string of the molecule is CCN(C(=O)C1NCCCC1C)C1COCC1C(=O)O. The summed E-state index contributed by atoms with van der Waals surface area (Å²) >= 11 is 0. The van der Waals surface area contributed by atoms with Gasteiger partial charge in [-0.25, -0.2) is 0 Å². The Morgan fingerprint density at radius 2 is 2.15 bits per heavy atom. The highest BCUT2D eigenvalue weighted by Crippen LogP contribution is 2.24. The van der Waals surface area contributed by atoms with Gasteiger partial charge in [-0.1, -0.05) is 6.92 Å². The van der Waals surface area contributed by atoms with Crippen molar-refractivity contribution in [2.75, 3.05) is 26.3 Å². The first-order chi connectivity index (χ1) is 9.56. The molecular weight excluding hydrogens is 260 g/mol. The Morgan fingerprint density at radius 3 is 2.75 bits per heavy atom. The fourth-order valence-electron chi connectivity index (χ4n) is 3.20. The van der Waals surface area contributed by atoms with Crippen LogP contribution >= 0.6 is 0 Å². The van der Waals surface area contributed by atoms with Gasteiger partial charge < -0.3 is 20.1 Å². The van der Waals surface area contributed by atoms with Gasteiger partial charge in [0.25, 0.3) is 0 Å². The topological polar surface area (TPSA) is 78.9 Å². The average Bonchev–Trinajstić information content (AvgIpc) is 2.89. The molecule has 6 heteroatoms. The number of carboxylic acid groups (broad SMARTS) is 1. The molecule has 2 fully saturated rings. The third-order valence-corrected chi connectivity index (χ3v) is 4.43. The number of piperidine rings is 1. The molecule has 114 valence electrons. The minimum Gasteiger partial charge on any atom is -0.481 e. The molecule has 2 saturated heterocycles. The number of hydrogen-bond donors (Lipinski definition) is 2. The van der Waals surface area contributed by atoms with E-state index in [0.717, 1.165) is 19.4 Å². The predicted octanol–water partition coefficient (Wildman–Crippen LogP) is 0.323. The van der Waals surface area contributed by atoms with Crippen molar-refractivity contribution in [2.45, 2.75) is 38.8 Å². The van der Waals surface area contributed by atoms with Crippen LogP contribution in [0.2, 0.25) is 0 Å². The number of likely N-dealkylation sites (N-methyl/N-ethyl adjacent to an activating group) is 1. The van der Waals surface area contributed by atoms with E-state index in [4.69, 9.17) is 4.74 Å². The van der Waals surface area contributed by atoms with Crippen molar-refractivity contribution in [3.63, 3.8) is 0 Å². The maximum absolute atomic E-state index is 12.7. The lowest BCUT2D eigenvalue weighted by atomic mass is 9.90. The Labute approximate surface area is 119 Å². The number of hydrogen-bond acceptors (Lipinski definition) is 4. The van der Waals surface area contributed by atoms with Crippen LogP contribution in [-0.2, 0) is 14.3 Å². The molecule has 4 unspecified atom stereocenters. The summed E-state index contributed by atoms with van der Waals surface area (Å²) in [5, 5.41) is 12.5. The van der Waals surface area contributed by atoms with E-state index in [1.54, 1.807) is 4.90 Å². The number of ether oxygens (including phenoxy) is 1. The number of aliphatic carboxylic acids is 1. The summed E-state index contributed by atoms with van der Waals surface area (Å²) in [5.41, 5.74) is 0. The summed E-state index contributed by atoms with van der Waals surface area (Å²) in [6, 6.07) is -0.542. The van der Waals surface area contributed by atoms with Gasteiger partial charge in [-0.3, -0.25) is 9.59 Å². The molecule has 2 heterocycles. The molecule has 2 aliphatic heterocycles. The molecule has 1 amide bonds. The largest absolute Gasteiger partial charge is 0.481 e. The zero-order valence-electron chi connectivity index (χ0n) is 12.2. The second-order valence-corrected chi connectivity index (χ2v) is 5.73. The number of carbonyl (C=O) groups excluding carboxylic acids is 1. The van der Waals surface area contributed by atoms with Gasteiger partial charge in [0.2, 0.25) is 5.91 Å². The van der Waals surface area contributed by atoms with E-state index in [9.17, 15) is 14.7 Å². The highest BCUT2D eigenvalue weighted by molar-refractivity contribution is 5.83. The summed E-state index contributed by atoms with van der Waals surface area (Å²) in [5.74, 6) is -1.20. The normalized spacial score (nSPS) is 33.9. The number of carboxylic acids is 1. The van der Waals surface area contributed by atoms with E-state index >= 15 is 0 Å². The molecule has 2 rings (SSSR count). The van der Waals surface area contributed by atoms with Gasteiger partial charge in [0.1, 0.15) is 5.92 Å². The lowest BCUT2D eigenvalue weighted by Gasteiger charge is -2.36. The molecule has 2 aliphatic rings. The lowest BCUT2D eigenvalue weighted by Crippen LogP contribution is -2.56. The van der Waals surface area contributed by atoms with Crippen molar-refractivity contribution in [3.8, 4) is 0 Å². The summed E-state index contributed by atoms with van der Waals surface area (Å²) in [6.45, 7) is 5.84. The van der Waals surface area contributed by atoms with E-state index in [2.05, 4.69) is 12.2 Å². The van der Waals surface area contributed by atoms with Crippen molar-refractivity contribution in [1.82, 2.24) is 10.2 Å². The first-order valence-electron chi connectivity index (χ1n) is 7.40. The Kier molecular flexibility index (Phi) is 4.99. The second kappa shape index (κ2) is 6.54. The van der Waals surface area contributed by atoms with Gasteiger partial charge in [0, 0.05) is 6.54 Å². The summed E-state index contributed by atoms with van der Waals surface area (Å²) < 4.78 is 5.28. The Hall–Kier alpha value is -1.14. The summed E-state index contributed by atoms with van der Waals surface area (Å²) in [6.07, 6.45) is 2.12. The first-order valence-corrected chi connectivity index (χ1v) is 7.40. The average molecular weight is 284 g/mol. The van der Waals surface area contributed by atoms with Crippen LogP contribution in [0.5, 0.6) is 0 Å². The van der Waals surface area contributed by atoms with Crippen LogP contribution in [0.1, 0.15) is 26.7 Å². The fourth-order valence-corrected chi connectivity index (χ4v) is 3.20. The number of nitrogens with zero attached hydrogens (tertiary/aromatic N) is 1. The monoisotopic (exact) mass is 284 g/mol. The number of carbonyl (C=O) groups is 2. The van der Waals surface area contributed by atoms with Crippen LogP contribution in [0.4, 0.5) is 0 Å². The molecule has 0 aromatic carbocycles. The summed E-state index contributed by atoms with van der Waals surface area (Å²) in [7, 11) is 0. The minimum absolute atomic E-state index is 0.0152. The molecule has 6 nitrogen and oxygen atoms in total. The van der Waals surface area contributed by atoms with Crippen LogP contribution in [0, 0.1) is 11.8 Å². The molecule has 0 bridgehead atoms. The molecule has 0 radical (unpaired) electrons.